The summed E-state index contributed by atoms with van der Waals surface area (Å²) < 4.78 is 25.9. The number of aromatic hydroxyl groups is 1. The molecule has 0 unspecified atom stereocenters. The Bertz CT molecular complexity index is 3030. The Morgan fingerprint density at radius 1 is 0.803 bits per heavy atom. The fourth-order valence-corrected chi connectivity index (χ4v) is 12.7. The summed E-state index contributed by atoms with van der Waals surface area (Å²) in [6, 6.07) is 32.6. The summed E-state index contributed by atoms with van der Waals surface area (Å²) in [7, 11) is 6.32. The lowest BCUT2D eigenvalue weighted by molar-refractivity contribution is -0.870. The van der Waals surface area contributed by atoms with Crippen LogP contribution in [0.15, 0.2) is 140 Å². The number of phenolic OH excluding ortho intramolecular Hbond substituents is 1. The number of carbonyl (C=O) groups is 6. The molecule has 5 aliphatic rings. The lowest BCUT2D eigenvalue weighted by Crippen LogP contribution is -2.61. The first-order valence-electron chi connectivity index (χ1n) is 25.7. The smallest absolute Gasteiger partial charge is 0.325 e. The fraction of sp³-hybridized carbons (Fsp3) is 0.356. The summed E-state index contributed by atoms with van der Waals surface area (Å²) in [6.45, 7) is 4.29. The number of cyclic esters (lactones) is 1. The zero-order chi connectivity index (χ0) is 53.5. The number of rotatable bonds is 17. The molecule has 3 N–H and O–H groups in total. The third kappa shape index (κ3) is 9.72. The Kier molecular flexibility index (Phi) is 14.8. The first kappa shape index (κ1) is 52.4. The van der Waals surface area contributed by atoms with E-state index in [1.54, 1.807) is 30.3 Å². The number of piperazine rings is 1. The molecule has 0 bridgehead atoms. The largest absolute Gasteiger partial charge is 0.508 e. The maximum atomic E-state index is 15.2. The number of morpholine rings is 1. The van der Waals surface area contributed by atoms with Crippen LogP contribution in [-0.4, -0.2) is 121 Å². The van der Waals surface area contributed by atoms with Crippen LogP contribution in [0.2, 0.25) is 0 Å². The van der Waals surface area contributed by atoms with Crippen LogP contribution in [0.1, 0.15) is 77.7 Å². The van der Waals surface area contributed by atoms with E-state index < -0.39 is 83.4 Å². The monoisotopic (exact) mass is 1140 g/mol. The average Bonchev–Trinajstić information content (AvgIpc) is 4.27. The third-order valence-corrected chi connectivity index (χ3v) is 16.1. The van der Waals surface area contributed by atoms with Gasteiger partial charge in [-0.2, -0.15) is 0 Å². The molecule has 3 amide bonds. The molecule has 5 aliphatic heterocycles. The van der Waals surface area contributed by atoms with Crippen LogP contribution in [0.25, 0.3) is 0 Å². The zero-order valence-electron chi connectivity index (χ0n) is 42.5. The third-order valence-electron chi connectivity index (χ3n) is 15.4. The highest BCUT2D eigenvalue weighted by molar-refractivity contribution is 14.1. The van der Waals surface area contributed by atoms with Crippen molar-refractivity contribution in [2.45, 2.75) is 73.5 Å². The average molecular weight is 1140 g/mol. The SMILES string of the molecule is C=CCOC(=O)[C@H]1[C@@H]2C(=O)O[C@@H](c3ccccc3)[C@@H](c3ccccc3)N2[C@@H](c2ccc(OCCOC(=O)[C@H]3C[C@H]4C(=O)N[C@@H](CCCC[N+](C)(C)C)C(=O)N4[C@H]3c3ccc(O)cc3)cc2)[C@]12C(=O)Nc1ccc(I)cc12. The van der Waals surface area contributed by atoms with Crippen molar-refractivity contribution in [1.82, 2.24) is 15.1 Å². The minimum atomic E-state index is -1.71. The number of hydrogen-bond acceptors (Lipinski definition) is 12. The molecule has 0 radical (unpaired) electrons. The van der Waals surface area contributed by atoms with E-state index in [2.05, 4.69) is 60.9 Å². The molecule has 0 aromatic heterocycles. The minimum Gasteiger partial charge on any atom is -0.508 e. The van der Waals surface area contributed by atoms with Gasteiger partial charge in [0.25, 0.3) is 0 Å². The van der Waals surface area contributed by atoms with Crippen molar-refractivity contribution in [2.24, 2.45) is 11.8 Å². The van der Waals surface area contributed by atoms with Gasteiger partial charge >= 0.3 is 17.9 Å². The molecule has 5 aromatic rings. The van der Waals surface area contributed by atoms with E-state index in [0.717, 1.165) is 38.6 Å². The number of ether oxygens (including phenoxy) is 4. The number of halogens is 1. The van der Waals surface area contributed by atoms with Gasteiger partial charge in [0.1, 0.15) is 66.9 Å². The normalized spacial score (nSPS) is 26.7. The van der Waals surface area contributed by atoms with Crippen LogP contribution < -0.4 is 15.4 Å². The van der Waals surface area contributed by atoms with E-state index in [0.29, 0.717) is 34.5 Å². The van der Waals surface area contributed by atoms with Crippen LogP contribution in [0, 0.1) is 15.4 Å². The second kappa shape index (κ2) is 21.5. The molecule has 17 heteroatoms. The molecule has 10 rings (SSSR count). The summed E-state index contributed by atoms with van der Waals surface area (Å²) >= 11 is 2.18. The predicted octanol–water partition coefficient (Wildman–Crippen LogP) is 7.25. The van der Waals surface area contributed by atoms with E-state index in [1.165, 1.54) is 23.1 Å². The summed E-state index contributed by atoms with van der Waals surface area (Å²) in [5.74, 6) is -4.88. The van der Waals surface area contributed by atoms with Crippen LogP contribution in [0.5, 0.6) is 11.5 Å². The second-order valence-electron chi connectivity index (χ2n) is 21.1. The summed E-state index contributed by atoms with van der Waals surface area (Å²) in [5, 5.41) is 16.1. The van der Waals surface area contributed by atoms with Gasteiger partial charge in [0.05, 0.1) is 51.7 Å². The standard InChI is InChI=1S/C59H60IN5O11/c1-5-30-74-56(70)47-50-57(71)76-51(37-16-10-7-11-17-37)49(35-14-8-6-9-15-35)64(50)52(59(47)43-33-39(60)23-28-44(43)62-58(59)72)38-21-26-41(27-22-38)73-31-32-75-55(69)42-34-46-53(67)61-45(18-12-13-29-65(2,3)4)54(68)63(46)48(42)36-19-24-40(66)25-20-36/h5-11,14-17,19-28,33,42,45-52H,1,12-13,18,29-32,34H2,2-4H3,(H2-,61,62,66,67,72)/p+1/t42-,45-,46-,47+,48-,49+,50+,51-,52-,59+/m0/s1. The number of phenols is 1. The van der Waals surface area contributed by atoms with Gasteiger partial charge in [0.15, 0.2) is 0 Å². The van der Waals surface area contributed by atoms with E-state index in [4.69, 9.17) is 18.9 Å². The highest BCUT2D eigenvalue weighted by Gasteiger charge is 2.74. The minimum absolute atomic E-state index is 0.0222. The summed E-state index contributed by atoms with van der Waals surface area (Å²) in [4.78, 5) is 90.4. The lowest BCUT2D eigenvalue weighted by Gasteiger charge is -2.46. The molecule has 0 aliphatic carbocycles. The summed E-state index contributed by atoms with van der Waals surface area (Å²) in [5.41, 5.74) is 2.08. The van der Waals surface area contributed by atoms with E-state index >= 15 is 4.79 Å². The highest BCUT2D eigenvalue weighted by Crippen LogP contribution is 2.65. The Balaban J connectivity index is 0.932. The first-order valence-corrected chi connectivity index (χ1v) is 26.8. The molecule has 0 saturated carbocycles. The van der Waals surface area contributed by atoms with E-state index in [-0.39, 0.29) is 43.8 Å². The predicted molar refractivity (Wildman–Crippen MR) is 288 cm³/mol. The molecule has 1 spiro atoms. The van der Waals surface area contributed by atoms with Gasteiger partial charge in [-0.25, -0.2) is 0 Å². The molecular formula is C59H61IN5O11+. The Labute approximate surface area is 455 Å². The maximum absolute atomic E-state index is 15.2. The second-order valence-corrected chi connectivity index (χ2v) is 22.4. The molecule has 5 aromatic carbocycles. The molecular weight excluding hydrogens is 1080 g/mol. The quantitative estimate of drug-likeness (QED) is 0.0212. The number of amides is 3. The summed E-state index contributed by atoms with van der Waals surface area (Å²) in [6.07, 6.45) is 2.74. The number of nitrogens with one attached hydrogen (secondary N) is 2. The molecule has 16 nitrogen and oxygen atoms in total. The number of benzene rings is 5. The van der Waals surface area contributed by atoms with Gasteiger partial charge in [-0.1, -0.05) is 97.6 Å². The Hall–Kier alpha value is -7.09. The van der Waals surface area contributed by atoms with Crippen molar-refractivity contribution in [3.63, 3.8) is 0 Å². The molecule has 394 valence electrons. The van der Waals surface area contributed by atoms with Crippen molar-refractivity contribution in [1.29, 1.82) is 0 Å². The van der Waals surface area contributed by atoms with Gasteiger partial charge in [-0.05, 0) is 119 Å². The fourth-order valence-electron chi connectivity index (χ4n) is 12.2. The van der Waals surface area contributed by atoms with Crippen LogP contribution in [0.4, 0.5) is 5.69 Å². The first-order chi connectivity index (χ1) is 36.6. The van der Waals surface area contributed by atoms with Crippen molar-refractivity contribution in [3.8, 4) is 11.5 Å². The van der Waals surface area contributed by atoms with E-state index in [1.807, 2.05) is 89.8 Å². The molecule has 10 atom stereocenters. The lowest BCUT2D eigenvalue weighted by atomic mass is 9.65. The number of carbonyl (C=O) groups excluding carboxylic acids is 6. The number of fused-ring (bicyclic) bond motifs is 4. The number of esters is 3. The Morgan fingerprint density at radius 3 is 2.16 bits per heavy atom. The van der Waals surface area contributed by atoms with Crippen molar-refractivity contribution < 1.29 is 57.3 Å². The molecule has 4 fully saturated rings. The number of quaternary nitrogens is 1. The van der Waals surface area contributed by atoms with Crippen LogP contribution in [0.3, 0.4) is 0 Å². The number of unbranched alkanes of at least 4 members (excludes halogenated alkanes) is 1. The van der Waals surface area contributed by atoms with Gasteiger partial charge in [-0.15, -0.1) is 0 Å². The topological polar surface area (TPSA) is 190 Å². The van der Waals surface area contributed by atoms with Gasteiger partial charge < -0.3 is 44.1 Å². The van der Waals surface area contributed by atoms with Gasteiger partial charge in [-0.3, -0.25) is 33.7 Å². The number of anilines is 1. The van der Waals surface area contributed by atoms with Crippen LogP contribution >= 0.6 is 22.6 Å². The van der Waals surface area contributed by atoms with Crippen molar-refractivity contribution in [3.05, 3.63) is 171 Å². The Morgan fingerprint density at radius 2 is 1.47 bits per heavy atom. The van der Waals surface area contributed by atoms with Gasteiger partial charge in [0.2, 0.25) is 17.7 Å². The van der Waals surface area contributed by atoms with E-state index in [9.17, 15) is 29.1 Å². The molecule has 5 heterocycles. The molecule has 4 saturated heterocycles. The molecule has 76 heavy (non-hydrogen) atoms. The zero-order valence-corrected chi connectivity index (χ0v) is 44.7. The van der Waals surface area contributed by atoms with Crippen molar-refractivity contribution in [2.75, 3.05) is 52.8 Å². The highest BCUT2D eigenvalue weighted by atomic mass is 127. The van der Waals surface area contributed by atoms with Crippen molar-refractivity contribution >= 4 is 63.9 Å². The number of hydrogen-bond donors (Lipinski definition) is 3. The van der Waals surface area contributed by atoms with Crippen LogP contribution in [-0.2, 0) is 48.4 Å². The maximum Gasteiger partial charge on any atom is 0.325 e. The van der Waals surface area contributed by atoms with Gasteiger partial charge in [0, 0.05) is 9.26 Å². The number of nitrogens with zero attached hydrogens (tertiary/aromatic N) is 3.